The molecule has 0 aromatic carbocycles. The molecule has 0 aromatic heterocycles. The van der Waals surface area contributed by atoms with Gasteiger partial charge < -0.3 is 35.9 Å². The van der Waals surface area contributed by atoms with Gasteiger partial charge in [-0.15, -0.1) is 0 Å². The van der Waals surface area contributed by atoms with E-state index in [9.17, 15) is 13.7 Å². The second-order valence-electron chi connectivity index (χ2n) is 1.61. The van der Waals surface area contributed by atoms with Crippen LogP contribution in [-0.2, 0) is 22.3 Å². The third kappa shape index (κ3) is 26.6. The summed E-state index contributed by atoms with van der Waals surface area (Å²) in [6, 6.07) is 0. The maximum Gasteiger partial charge on any atom is 2.00 e. The Bertz CT molecular complexity index is 308. The summed E-state index contributed by atoms with van der Waals surface area (Å²) in [5.41, 5.74) is 0. The van der Waals surface area contributed by atoms with Crippen LogP contribution in [0.25, 0.3) is 0 Å². The Morgan fingerprint density at radius 2 is 0.824 bits per heavy atom. The molecule has 0 atom stereocenters. The topological polar surface area (TPSA) is 171 Å². The zero-order valence-corrected chi connectivity index (χ0v) is 20.0. The molecule has 0 saturated carbocycles. The maximum atomic E-state index is 10.4. The monoisotopic (exact) mass is 426 g/mol. The van der Waals surface area contributed by atoms with Crippen molar-refractivity contribution in [2.75, 3.05) is 0 Å². The molecule has 0 radical (unpaired) electrons. The molecule has 0 aliphatic heterocycles. The quantitative estimate of drug-likeness (QED) is 0.268. The van der Waals surface area contributed by atoms with Gasteiger partial charge in [0.2, 0.25) is 0 Å². The van der Waals surface area contributed by atoms with Crippen molar-refractivity contribution >= 4 is 174 Å². The number of hydrogen-bond donors (Lipinski definition) is 5. The van der Waals surface area contributed by atoms with Gasteiger partial charge in [0.05, 0.1) is 0 Å². The fourth-order valence-corrected chi connectivity index (χ4v) is 2.82. The van der Waals surface area contributed by atoms with Crippen LogP contribution in [0.2, 0.25) is 0 Å². The van der Waals surface area contributed by atoms with Gasteiger partial charge >= 0.3 is 174 Å². The van der Waals surface area contributed by atoms with E-state index in [0.29, 0.717) is 0 Å². The molecule has 0 unspecified atom stereocenters. The smallest absolute Gasteiger partial charge is 1.00 e. The molecule has 17 heavy (non-hydrogen) atoms. The number of hydrogen-bond acceptors (Lipinski definition) is 5. The molecule has 0 fully saturated rings. The zero-order chi connectivity index (χ0) is 10.9. The molecule has 0 amide bonds. The first-order valence-electron chi connectivity index (χ1n) is 2.28. The third-order valence-electron chi connectivity index (χ3n) is 0.419. The summed E-state index contributed by atoms with van der Waals surface area (Å²) in [4.78, 5) is 40.2. The summed E-state index contributed by atoms with van der Waals surface area (Å²) in [7, 11) is -16.2. The van der Waals surface area contributed by atoms with Crippen LogP contribution in [0, 0.1) is 0 Å². The summed E-state index contributed by atoms with van der Waals surface area (Å²) in [6.07, 6.45) is 0. The van der Waals surface area contributed by atoms with Crippen molar-refractivity contribution in [1.82, 2.24) is 0 Å². The average Bonchev–Trinajstić information content (AvgIpc) is 1.43. The van der Waals surface area contributed by atoms with Crippen molar-refractivity contribution in [2.24, 2.45) is 0 Å². The zero-order valence-electron chi connectivity index (χ0n) is 16.4. The first kappa shape index (κ1) is 33.9. The van der Waals surface area contributed by atoms with Gasteiger partial charge in [-0.25, -0.2) is 13.7 Å². The van der Waals surface area contributed by atoms with Gasteiger partial charge in [0.15, 0.2) is 0 Å². The van der Waals surface area contributed by atoms with Crippen molar-refractivity contribution < 1.29 is 58.2 Å². The van der Waals surface area contributed by atoms with Crippen molar-refractivity contribution in [1.29, 1.82) is 0 Å². The molecular formula is H13Ca4O10P3. The summed E-state index contributed by atoms with van der Waals surface area (Å²) in [5.74, 6) is 0. The molecule has 10 nitrogen and oxygen atoms in total. The molecule has 0 spiro atoms. The Balaban J connectivity index is -0.0000000109. The normalized spacial score (nSPS) is 11.1. The molecule has 0 bridgehead atoms. The molecule has 96 valence electrons. The largest absolute Gasteiger partial charge is 2.00 e. The van der Waals surface area contributed by atoms with Crippen LogP contribution < -0.4 is 0 Å². The van der Waals surface area contributed by atoms with E-state index in [1.807, 2.05) is 0 Å². The van der Waals surface area contributed by atoms with Gasteiger partial charge in [0.25, 0.3) is 0 Å². The van der Waals surface area contributed by atoms with Crippen LogP contribution in [-0.4, -0.2) is 175 Å². The standard InChI is InChI=1S/4Ca.H5O10P3.8H/c;;;;1-11(2,3)9-13(7,8)10-12(4,5)6;;;;;;;;/h;;;;(H,7,8)(H2,1,2,3)(H2,4,5,6);;;;;;;;/q4*+2;;8*-1. The van der Waals surface area contributed by atoms with Gasteiger partial charge in [0.1, 0.15) is 0 Å². The Kier molecular flexibility index (Phi) is 27.6. The van der Waals surface area contributed by atoms with Gasteiger partial charge in [-0.3, -0.25) is 0 Å². The summed E-state index contributed by atoms with van der Waals surface area (Å²) in [5, 5.41) is 0. The fourth-order valence-electron chi connectivity index (χ4n) is 0.284. The van der Waals surface area contributed by atoms with Crippen LogP contribution in [0.3, 0.4) is 0 Å². The van der Waals surface area contributed by atoms with Crippen LogP contribution >= 0.6 is 23.5 Å². The minimum absolute atomic E-state index is 0. The Hall–Kier alpha value is 5.45. The summed E-state index contributed by atoms with van der Waals surface area (Å²) in [6.45, 7) is 0. The first-order chi connectivity index (χ1) is 5.41. The van der Waals surface area contributed by atoms with Crippen LogP contribution in [0.1, 0.15) is 11.4 Å². The molecule has 17 heteroatoms. The number of phosphoric acid groups is 3. The predicted molar refractivity (Wildman–Crippen MR) is 68.0 cm³/mol. The van der Waals surface area contributed by atoms with Gasteiger partial charge in [0, 0.05) is 0 Å². The Morgan fingerprint density at radius 1 is 0.647 bits per heavy atom. The first-order valence-corrected chi connectivity index (χ1v) is 6.83. The average molecular weight is 426 g/mol. The van der Waals surface area contributed by atoms with Crippen LogP contribution in [0.15, 0.2) is 0 Å². The summed E-state index contributed by atoms with van der Waals surface area (Å²) < 4.78 is 36.4. The van der Waals surface area contributed by atoms with E-state index in [2.05, 4.69) is 8.62 Å². The molecule has 0 heterocycles. The molecule has 0 aromatic rings. The molecule has 0 aliphatic carbocycles. The predicted octanol–water partition coefficient (Wildman–Crippen LogP) is -1.32. The fraction of sp³-hybridized carbons (Fsp3) is 0. The van der Waals surface area contributed by atoms with E-state index in [4.69, 9.17) is 24.5 Å². The SMILES string of the molecule is O=P(O)(O)OP(=O)(O)OP(=O)(O)O.[Ca+2].[Ca+2].[Ca+2].[Ca+2].[H-].[H-].[H-].[H-].[H-].[H-].[H-].[H-]. The molecule has 0 aliphatic rings. The second kappa shape index (κ2) is 13.8. The summed E-state index contributed by atoms with van der Waals surface area (Å²) >= 11 is 0. The van der Waals surface area contributed by atoms with E-state index >= 15 is 0 Å². The van der Waals surface area contributed by atoms with Gasteiger partial charge in [-0.05, 0) is 0 Å². The van der Waals surface area contributed by atoms with Crippen molar-refractivity contribution in [2.45, 2.75) is 0 Å². The minimum atomic E-state index is -5.46. The van der Waals surface area contributed by atoms with Crippen molar-refractivity contribution in [3.05, 3.63) is 0 Å². The van der Waals surface area contributed by atoms with E-state index in [1.54, 1.807) is 0 Å². The molecular weight excluding hydrogens is 413 g/mol. The Labute approximate surface area is 228 Å². The van der Waals surface area contributed by atoms with Gasteiger partial charge in [-0.2, -0.15) is 8.62 Å². The van der Waals surface area contributed by atoms with E-state index in [1.165, 1.54) is 0 Å². The Morgan fingerprint density at radius 3 is 0.941 bits per heavy atom. The van der Waals surface area contributed by atoms with Crippen molar-refractivity contribution in [3.63, 3.8) is 0 Å². The molecule has 0 saturated heterocycles. The molecule has 0 rings (SSSR count). The van der Waals surface area contributed by atoms with E-state index < -0.39 is 23.5 Å². The van der Waals surface area contributed by atoms with Crippen LogP contribution in [0.5, 0.6) is 0 Å². The van der Waals surface area contributed by atoms with Gasteiger partial charge in [-0.1, -0.05) is 0 Å². The van der Waals surface area contributed by atoms with Crippen molar-refractivity contribution in [3.8, 4) is 0 Å². The van der Waals surface area contributed by atoms with E-state index in [0.717, 1.165) is 0 Å². The minimum Gasteiger partial charge on any atom is -1.00 e. The number of rotatable bonds is 4. The maximum absolute atomic E-state index is 10.4. The van der Waals surface area contributed by atoms with E-state index in [-0.39, 0.29) is 162 Å². The van der Waals surface area contributed by atoms with Crippen LogP contribution in [0.4, 0.5) is 0 Å². The third-order valence-corrected chi connectivity index (χ3v) is 3.77. The molecule has 5 N–H and O–H groups in total. The second-order valence-corrected chi connectivity index (χ2v) is 5.82.